The molecule has 0 aromatic heterocycles. The van der Waals surface area contributed by atoms with Crippen LogP contribution in [0.3, 0.4) is 0 Å². The third-order valence-corrected chi connectivity index (χ3v) is 4.13. The predicted octanol–water partition coefficient (Wildman–Crippen LogP) is 3.04. The first-order chi connectivity index (χ1) is 14.4. The molecule has 2 aromatic carbocycles. The number of likely N-dealkylation sites (N-methyl/N-ethyl adjacent to an activating group) is 1. The van der Waals surface area contributed by atoms with E-state index in [1.807, 2.05) is 6.92 Å². The van der Waals surface area contributed by atoms with Crippen molar-refractivity contribution in [2.45, 2.75) is 6.92 Å². The minimum absolute atomic E-state index is 0.105. The molecule has 1 aliphatic heterocycles. The van der Waals surface area contributed by atoms with Gasteiger partial charge in [0.1, 0.15) is 5.82 Å². The first-order valence-electron chi connectivity index (χ1n) is 9.25. The van der Waals surface area contributed by atoms with Crippen molar-refractivity contribution in [2.75, 3.05) is 27.3 Å². The van der Waals surface area contributed by atoms with Gasteiger partial charge in [-0.2, -0.15) is 0 Å². The number of benzene rings is 2. The number of amides is 1. The summed E-state index contributed by atoms with van der Waals surface area (Å²) >= 11 is 0. The molecule has 0 radical (unpaired) electrons. The summed E-state index contributed by atoms with van der Waals surface area (Å²) < 4.78 is 29.4. The van der Waals surface area contributed by atoms with Crippen LogP contribution in [-0.4, -0.2) is 50.0 Å². The maximum Gasteiger partial charge on any atom is 0.363 e. The molecule has 7 nitrogen and oxygen atoms in total. The SMILES string of the molecule is CCOc1cc(/C=C2\N=C(c3ccc(F)cc3)OC2=O)ccc1OCC(=O)N(C)C. The Labute approximate surface area is 173 Å². The number of carbonyl (C=O) groups excluding carboxylic acids is 2. The van der Waals surface area contributed by atoms with Crippen molar-refractivity contribution in [2.24, 2.45) is 4.99 Å². The fourth-order valence-electron chi connectivity index (χ4n) is 2.55. The Morgan fingerprint density at radius 3 is 2.53 bits per heavy atom. The van der Waals surface area contributed by atoms with Crippen LogP contribution < -0.4 is 9.47 Å². The number of cyclic esters (lactones) is 1. The Kier molecular flexibility index (Phi) is 6.46. The summed E-state index contributed by atoms with van der Waals surface area (Å²) in [6.45, 7) is 2.10. The summed E-state index contributed by atoms with van der Waals surface area (Å²) in [5, 5.41) is 0. The number of rotatable bonds is 7. The van der Waals surface area contributed by atoms with E-state index >= 15 is 0 Å². The average Bonchev–Trinajstić information content (AvgIpc) is 3.08. The zero-order chi connectivity index (χ0) is 21.7. The summed E-state index contributed by atoms with van der Waals surface area (Å²) in [4.78, 5) is 29.6. The molecule has 0 aliphatic carbocycles. The molecule has 0 spiro atoms. The van der Waals surface area contributed by atoms with E-state index in [-0.39, 0.29) is 24.1 Å². The Morgan fingerprint density at radius 1 is 1.13 bits per heavy atom. The van der Waals surface area contributed by atoms with Gasteiger partial charge >= 0.3 is 5.97 Å². The highest BCUT2D eigenvalue weighted by Gasteiger charge is 2.24. The highest BCUT2D eigenvalue weighted by Crippen LogP contribution is 2.30. The first kappa shape index (κ1) is 21.0. The van der Waals surface area contributed by atoms with Crippen LogP contribution in [0.5, 0.6) is 11.5 Å². The van der Waals surface area contributed by atoms with E-state index in [1.54, 1.807) is 38.4 Å². The van der Waals surface area contributed by atoms with Crippen LogP contribution in [0.15, 0.2) is 53.2 Å². The van der Waals surface area contributed by atoms with E-state index in [0.29, 0.717) is 29.2 Å². The molecule has 1 heterocycles. The zero-order valence-electron chi connectivity index (χ0n) is 16.8. The quantitative estimate of drug-likeness (QED) is 0.516. The number of esters is 1. The van der Waals surface area contributed by atoms with Crippen molar-refractivity contribution < 1.29 is 28.2 Å². The van der Waals surface area contributed by atoms with Gasteiger partial charge in [-0.3, -0.25) is 4.79 Å². The molecular weight excluding hydrogens is 391 g/mol. The van der Waals surface area contributed by atoms with Crippen molar-refractivity contribution in [3.8, 4) is 11.5 Å². The van der Waals surface area contributed by atoms with Crippen molar-refractivity contribution >= 4 is 23.9 Å². The number of ether oxygens (including phenoxy) is 3. The van der Waals surface area contributed by atoms with E-state index in [1.165, 1.54) is 29.2 Å². The Bertz CT molecular complexity index is 1010. The second kappa shape index (κ2) is 9.21. The summed E-state index contributed by atoms with van der Waals surface area (Å²) in [6.07, 6.45) is 1.55. The second-order valence-electron chi connectivity index (χ2n) is 6.56. The molecule has 0 fully saturated rings. The molecular formula is C22H21FN2O5. The lowest BCUT2D eigenvalue weighted by atomic mass is 10.1. The number of nitrogens with zero attached hydrogens (tertiary/aromatic N) is 2. The highest BCUT2D eigenvalue weighted by atomic mass is 19.1. The molecule has 3 rings (SSSR count). The van der Waals surface area contributed by atoms with Gasteiger partial charge in [0, 0.05) is 19.7 Å². The fourth-order valence-corrected chi connectivity index (χ4v) is 2.55. The van der Waals surface area contributed by atoms with E-state index < -0.39 is 11.8 Å². The molecule has 0 bridgehead atoms. The number of halogens is 1. The average molecular weight is 412 g/mol. The first-order valence-corrected chi connectivity index (χ1v) is 9.25. The van der Waals surface area contributed by atoms with Crippen molar-refractivity contribution in [1.29, 1.82) is 0 Å². The minimum atomic E-state index is -0.607. The van der Waals surface area contributed by atoms with Gasteiger partial charge in [0.15, 0.2) is 23.8 Å². The van der Waals surface area contributed by atoms with Crippen LogP contribution in [0.1, 0.15) is 18.1 Å². The smallest absolute Gasteiger partial charge is 0.363 e. The maximum atomic E-state index is 13.1. The van der Waals surface area contributed by atoms with Gasteiger partial charge in [0.05, 0.1) is 6.61 Å². The predicted molar refractivity (Wildman–Crippen MR) is 109 cm³/mol. The summed E-state index contributed by atoms with van der Waals surface area (Å²) in [6, 6.07) is 10.6. The highest BCUT2D eigenvalue weighted by molar-refractivity contribution is 6.12. The third-order valence-electron chi connectivity index (χ3n) is 4.13. The molecule has 0 unspecified atom stereocenters. The van der Waals surface area contributed by atoms with Crippen molar-refractivity contribution in [3.63, 3.8) is 0 Å². The topological polar surface area (TPSA) is 77.4 Å². The number of carbonyl (C=O) groups is 2. The molecule has 0 saturated heterocycles. The van der Waals surface area contributed by atoms with Crippen LogP contribution in [0.2, 0.25) is 0 Å². The molecule has 0 N–H and O–H groups in total. The van der Waals surface area contributed by atoms with Crippen molar-refractivity contribution in [3.05, 3.63) is 65.1 Å². The van der Waals surface area contributed by atoms with Gasteiger partial charge in [0.25, 0.3) is 5.91 Å². The van der Waals surface area contributed by atoms with E-state index in [2.05, 4.69) is 4.99 Å². The van der Waals surface area contributed by atoms with Crippen LogP contribution in [0.4, 0.5) is 4.39 Å². The van der Waals surface area contributed by atoms with Gasteiger partial charge < -0.3 is 19.1 Å². The normalized spacial score (nSPS) is 14.3. The van der Waals surface area contributed by atoms with Crippen LogP contribution >= 0.6 is 0 Å². The molecule has 8 heteroatoms. The lowest BCUT2D eigenvalue weighted by Crippen LogP contribution is -2.27. The van der Waals surface area contributed by atoms with Crippen LogP contribution in [-0.2, 0) is 14.3 Å². The molecule has 1 aliphatic rings. The Hall–Kier alpha value is -3.68. The molecule has 0 atom stereocenters. The Balaban J connectivity index is 1.83. The van der Waals surface area contributed by atoms with E-state index in [9.17, 15) is 14.0 Å². The largest absolute Gasteiger partial charge is 0.490 e. The zero-order valence-corrected chi connectivity index (χ0v) is 16.8. The number of hydrogen-bond acceptors (Lipinski definition) is 6. The lowest BCUT2D eigenvalue weighted by Gasteiger charge is -2.14. The number of hydrogen-bond donors (Lipinski definition) is 0. The molecule has 2 aromatic rings. The van der Waals surface area contributed by atoms with E-state index in [4.69, 9.17) is 14.2 Å². The van der Waals surface area contributed by atoms with Crippen LogP contribution in [0.25, 0.3) is 6.08 Å². The molecule has 1 amide bonds. The monoisotopic (exact) mass is 412 g/mol. The van der Waals surface area contributed by atoms with Crippen molar-refractivity contribution in [1.82, 2.24) is 4.90 Å². The summed E-state index contributed by atoms with van der Waals surface area (Å²) in [5.74, 6) is -0.216. The second-order valence-corrected chi connectivity index (χ2v) is 6.56. The third kappa shape index (κ3) is 5.02. The summed E-state index contributed by atoms with van der Waals surface area (Å²) in [5.41, 5.74) is 1.24. The van der Waals surface area contributed by atoms with Crippen LogP contribution in [0, 0.1) is 5.82 Å². The van der Waals surface area contributed by atoms with Gasteiger partial charge in [-0.1, -0.05) is 6.07 Å². The minimum Gasteiger partial charge on any atom is -0.490 e. The van der Waals surface area contributed by atoms with Gasteiger partial charge in [-0.05, 0) is 55.0 Å². The van der Waals surface area contributed by atoms with Gasteiger partial charge in [0.2, 0.25) is 5.90 Å². The van der Waals surface area contributed by atoms with E-state index in [0.717, 1.165) is 0 Å². The van der Waals surface area contributed by atoms with Gasteiger partial charge in [-0.15, -0.1) is 0 Å². The maximum absolute atomic E-state index is 13.1. The fraction of sp³-hybridized carbons (Fsp3) is 0.227. The molecule has 156 valence electrons. The standard InChI is InChI=1S/C22H21FN2O5/c1-4-28-19-12-14(5-10-18(19)29-13-20(26)25(2)3)11-17-22(27)30-21(24-17)15-6-8-16(23)9-7-15/h5-12H,4,13H2,1-3H3/b17-11-. The summed E-state index contributed by atoms with van der Waals surface area (Å²) in [7, 11) is 3.29. The lowest BCUT2D eigenvalue weighted by molar-refractivity contribution is -0.131. The molecule has 30 heavy (non-hydrogen) atoms. The Morgan fingerprint density at radius 2 is 1.87 bits per heavy atom. The molecule has 0 saturated carbocycles. The number of aliphatic imine (C=N–C) groups is 1. The van der Waals surface area contributed by atoms with Gasteiger partial charge in [-0.25, -0.2) is 14.2 Å².